The van der Waals surface area contributed by atoms with Crippen molar-refractivity contribution in [2.45, 2.75) is 78.7 Å². The summed E-state index contributed by atoms with van der Waals surface area (Å²) in [5.41, 5.74) is 3.15. The van der Waals surface area contributed by atoms with Crippen LogP contribution in [0.5, 0.6) is 0 Å². The van der Waals surface area contributed by atoms with Gasteiger partial charge >= 0.3 is 0 Å². The summed E-state index contributed by atoms with van der Waals surface area (Å²) in [6.07, 6.45) is 12.7. The van der Waals surface area contributed by atoms with Gasteiger partial charge in [0.05, 0.1) is 5.60 Å². The Morgan fingerprint density at radius 3 is 2.77 bits per heavy atom. The van der Waals surface area contributed by atoms with E-state index in [-0.39, 0.29) is 5.60 Å². The lowest BCUT2D eigenvalue weighted by atomic mass is 9.58. The Labute approximate surface area is 138 Å². The van der Waals surface area contributed by atoms with Gasteiger partial charge in [-0.05, 0) is 89.9 Å². The van der Waals surface area contributed by atoms with E-state index >= 15 is 0 Å². The van der Waals surface area contributed by atoms with Gasteiger partial charge in [-0.15, -0.1) is 0 Å². The van der Waals surface area contributed by atoms with Crippen LogP contribution < -0.4 is 0 Å². The van der Waals surface area contributed by atoms with Crippen LogP contribution in [0.4, 0.5) is 0 Å². The Kier molecular flexibility index (Phi) is 5.94. The van der Waals surface area contributed by atoms with Gasteiger partial charge in [0.2, 0.25) is 0 Å². The number of hydrogen-bond donors (Lipinski definition) is 0. The molecular weight excluding hydrogens is 268 g/mol. The molecule has 5 unspecified atom stereocenters. The summed E-state index contributed by atoms with van der Waals surface area (Å²) >= 11 is 0. The summed E-state index contributed by atoms with van der Waals surface area (Å²) < 4.78 is 5.99. The third kappa shape index (κ3) is 3.85. The highest BCUT2D eigenvalue weighted by Gasteiger charge is 2.47. The highest BCUT2D eigenvalue weighted by atomic mass is 16.5. The van der Waals surface area contributed by atoms with Crippen molar-refractivity contribution in [3.8, 4) is 0 Å². The van der Waals surface area contributed by atoms with E-state index in [1.165, 1.54) is 44.1 Å². The monoisotopic (exact) mass is 304 g/mol. The van der Waals surface area contributed by atoms with Crippen molar-refractivity contribution in [3.63, 3.8) is 0 Å². The molecule has 0 heterocycles. The summed E-state index contributed by atoms with van der Waals surface area (Å²) in [5.74, 6) is 3.10. The topological polar surface area (TPSA) is 9.23 Å². The molecular formula is C21H36O. The van der Waals surface area contributed by atoms with E-state index in [9.17, 15) is 0 Å². The standard InChI is InChI=1S/C21H36O/c1-15(2)8-7-9-17(4)18-12-13-21(5,22-6)20-11-10-16(3)14-19(18)20/h8,14,17-20H,7,9-13H2,1-6H3. The molecule has 0 saturated heterocycles. The third-order valence-corrected chi connectivity index (χ3v) is 6.42. The van der Waals surface area contributed by atoms with Crippen molar-refractivity contribution >= 4 is 0 Å². The lowest BCUT2D eigenvalue weighted by Crippen LogP contribution is -2.49. The smallest absolute Gasteiger partial charge is 0.0684 e. The van der Waals surface area contributed by atoms with Crippen LogP contribution in [0.15, 0.2) is 23.3 Å². The Balaban J connectivity index is 2.11. The maximum absolute atomic E-state index is 5.99. The minimum atomic E-state index is 0.0952. The molecule has 0 spiro atoms. The first-order valence-corrected chi connectivity index (χ1v) is 9.23. The first-order valence-electron chi connectivity index (χ1n) is 9.23. The molecule has 0 amide bonds. The lowest BCUT2D eigenvalue weighted by Gasteiger charge is -2.51. The second-order valence-electron chi connectivity index (χ2n) is 8.29. The quantitative estimate of drug-likeness (QED) is 0.553. The highest BCUT2D eigenvalue weighted by molar-refractivity contribution is 5.14. The molecule has 2 rings (SSSR count). The van der Waals surface area contributed by atoms with Gasteiger partial charge in [-0.25, -0.2) is 0 Å². The average Bonchev–Trinajstić information content (AvgIpc) is 2.46. The summed E-state index contributed by atoms with van der Waals surface area (Å²) in [5, 5.41) is 0. The number of allylic oxidation sites excluding steroid dienone is 4. The minimum absolute atomic E-state index is 0.0952. The fourth-order valence-electron chi connectivity index (χ4n) is 4.84. The molecule has 1 heteroatoms. The van der Waals surface area contributed by atoms with Crippen molar-refractivity contribution in [3.05, 3.63) is 23.3 Å². The number of hydrogen-bond acceptors (Lipinski definition) is 1. The molecule has 5 atom stereocenters. The van der Waals surface area contributed by atoms with Crippen LogP contribution in [-0.4, -0.2) is 12.7 Å². The molecule has 0 N–H and O–H groups in total. The van der Waals surface area contributed by atoms with E-state index in [4.69, 9.17) is 4.74 Å². The predicted molar refractivity (Wildman–Crippen MR) is 95.9 cm³/mol. The van der Waals surface area contributed by atoms with Crippen LogP contribution in [0.1, 0.15) is 73.1 Å². The predicted octanol–water partition coefficient (Wildman–Crippen LogP) is 6.16. The fourth-order valence-corrected chi connectivity index (χ4v) is 4.84. The molecule has 1 saturated carbocycles. The number of methoxy groups -OCH3 is 1. The van der Waals surface area contributed by atoms with Crippen molar-refractivity contribution in [1.82, 2.24) is 0 Å². The zero-order chi connectivity index (χ0) is 16.3. The molecule has 1 fully saturated rings. The zero-order valence-corrected chi connectivity index (χ0v) is 15.6. The molecule has 0 aromatic rings. The van der Waals surface area contributed by atoms with Gasteiger partial charge in [0.1, 0.15) is 0 Å². The molecule has 2 aliphatic rings. The first kappa shape index (κ1) is 17.8. The average molecular weight is 305 g/mol. The Hall–Kier alpha value is -0.560. The van der Waals surface area contributed by atoms with Crippen LogP contribution in [0.25, 0.3) is 0 Å². The molecule has 0 aromatic carbocycles. The highest BCUT2D eigenvalue weighted by Crippen LogP contribution is 2.51. The molecule has 0 bridgehead atoms. The molecule has 0 aromatic heterocycles. The van der Waals surface area contributed by atoms with Crippen molar-refractivity contribution in [1.29, 1.82) is 0 Å². The van der Waals surface area contributed by atoms with E-state index < -0.39 is 0 Å². The number of ether oxygens (including phenoxy) is 1. The van der Waals surface area contributed by atoms with Gasteiger partial charge in [-0.3, -0.25) is 0 Å². The van der Waals surface area contributed by atoms with Crippen molar-refractivity contribution in [2.75, 3.05) is 7.11 Å². The summed E-state index contributed by atoms with van der Waals surface area (Å²) in [6.45, 7) is 11.6. The van der Waals surface area contributed by atoms with E-state index in [1.54, 1.807) is 5.57 Å². The van der Waals surface area contributed by atoms with Crippen LogP contribution >= 0.6 is 0 Å². The van der Waals surface area contributed by atoms with Crippen molar-refractivity contribution < 1.29 is 4.74 Å². The SMILES string of the molecule is COC1(C)CCC(C(C)CCC=C(C)C)C2C=C(C)CCC21. The molecule has 126 valence electrons. The zero-order valence-electron chi connectivity index (χ0n) is 15.6. The number of fused-ring (bicyclic) bond motifs is 1. The van der Waals surface area contributed by atoms with Crippen LogP contribution in [0, 0.1) is 23.7 Å². The fraction of sp³-hybridized carbons (Fsp3) is 0.810. The van der Waals surface area contributed by atoms with Gasteiger partial charge in [0.25, 0.3) is 0 Å². The maximum Gasteiger partial charge on any atom is 0.0684 e. The molecule has 0 radical (unpaired) electrons. The van der Waals surface area contributed by atoms with E-state index in [1.807, 2.05) is 7.11 Å². The molecule has 2 aliphatic carbocycles. The van der Waals surface area contributed by atoms with E-state index in [2.05, 4.69) is 46.8 Å². The summed E-state index contributed by atoms with van der Waals surface area (Å²) in [6, 6.07) is 0. The van der Waals surface area contributed by atoms with Gasteiger partial charge in [0.15, 0.2) is 0 Å². The van der Waals surface area contributed by atoms with E-state index in [0.29, 0.717) is 5.92 Å². The largest absolute Gasteiger partial charge is 0.378 e. The van der Waals surface area contributed by atoms with Gasteiger partial charge in [-0.1, -0.05) is 30.2 Å². The third-order valence-electron chi connectivity index (χ3n) is 6.42. The van der Waals surface area contributed by atoms with Gasteiger partial charge < -0.3 is 4.74 Å². The lowest BCUT2D eigenvalue weighted by molar-refractivity contribution is -0.109. The molecule has 1 nitrogen and oxygen atoms in total. The molecule has 22 heavy (non-hydrogen) atoms. The number of rotatable bonds is 5. The second-order valence-corrected chi connectivity index (χ2v) is 8.29. The van der Waals surface area contributed by atoms with Gasteiger partial charge in [0, 0.05) is 7.11 Å². The van der Waals surface area contributed by atoms with Crippen LogP contribution in [0.2, 0.25) is 0 Å². The Morgan fingerprint density at radius 1 is 1.41 bits per heavy atom. The Morgan fingerprint density at radius 2 is 2.14 bits per heavy atom. The van der Waals surface area contributed by atoms with Crippen LogP contribution in [0.3, 0.4) is 0 Å². The Bertz CT molecular complexity index is 429. The van der Waals surface area contributed by atoms with Crippen LogP contribution in [-0.2, 0) is 4.74 Å². The second kappa shape index (κ2) is 7.34. The summed E-state index contributed by atoms with van der Waals surface area (Å²) in [7, 11) is 1.92. The van der Waals surface area contributed by atoms with E-state index in [0.717, 1.165) is 17.8 Å². The maximum atomic E-state index is 5.99. The summed E-state index contributed by atoms with van der Waals surface area (Å²) in [4.78, 5) is 0. The minimum Gasteiger partial charge on any atom is -0.378 e. The first-order chi connectivity index (χ1) is 10.4. The van der Waals surface area contributed by atoms with Gasteiger partial charge in [-0.2, -0.15) is 0 Å². The molecule has 0 aliphatic heterocycles. The normalized spacial score (nSPS) is 36.3. The van der Waals surface area contributed by atoms with Crippen molar-refractivity contribution in [2.24, 2.45) is 23.7 Å².